The highest BCUT2D eigenvalue weighted by molar-refractivity contribution is 7.15. The highest BCUT2D eigenvalue weighted by atomic mass is 35.5. The molecule has 11 heteroatoms. The van der Waals surface area contributed by atoms with Gasteiger partial charge in [0.1, 0.15) is 10.8 Å². The van der Waals surface area contributed by atoms with Crippen LogP contribution in [-0.2, 0) is 11.2 Å². The summed E-state index contributed by atoms with van der Waals surface area (Å²) in [5, 5.41) is 12.1. The number of amides is 3. The first-order chi connectivity index (χ1) is 14.9. The van der Waals surface area contributed by atoms with Crippen LogP contribution in [-0.4, -0.2) is 46.0 Å². The van der Waals surface area contributed by atoms with Gasteiger partial charge in [-0.25, -0.2) is 0 Å². The van der Waals surface area contributed by atoms with Crippen molar-refractivity contribution < 1.29 is 19.1 Å². The molecule has 4 rings (SSSR count). The molecule has 0 bridgehead atoms. The van der Waals surface area contributed by atoms with Gasteiger partial charge in [-0.1, -0.05) is 46.7 Å². The lowest BCUT2D eigenvalue weighted by Crippen LogP contribution is -2.31. The molecule has 0 radical (unpaired) electrons. The van der Waals surface area contributed by atoms with Gasteiger partial charge in [0.05, 0.1) is 16.1 Å². The van der Waals surface area contributed by atoms with Crippen molar-refractivity contribution in [2.24, 2.45) is 0 Å². The molecular formula is C20H14Cl2N4O4S. The van der Waals surface area contributed by atoms with Gasteiger partial charge in [0.15, 0.2) is 6.61 Å². The van der Waals surface area contributed by atoms with Crippen molar-refractivity contribution in [2.45, 2.75) is 6.42 Å². The van der Waals surface area contributed by atoms with Gasteiger partial charge >= 0.3 is 0 Å². The van der Waals surface area contributed by atoms with Crippen molar-refractivity contribution in [3.8, 4) is 5.75 Å². The number of carbonyl (C=O) groups is 3. The number of aromatic nitrogens is 2. The van der Waals surface area contributed by atoms with E-state index in [0.717, 1.165) is 11.3 Å². The van der Waals surface area contributed by atoms with Crippen LogP contribution in [0.4, 0.5) is 5.13 Å². The Labute approximate surface area is 190 Å². The topological polar surface area (TPSA) is 101 Å². The Balaban J connectivity index is 1.30. The molecule has 1 aromatic heterocycles. The fourth-order valence-electron chi connectivity index (χ4n) is 2.94. The second-order valence-corrected chi connectivity index (χ2v) is 8.38. The van der Waals surface area contributed by atoms with Gasteiger partial charge in [-0.2, -0.15) is 0 Å². The predicted octanol–water partition coefficient (Wildman–Crippen LogP) is 3.70. The zero-order valence-corrected chi connectivity index (χ0v) is 18.1. The maximum absolute atomic E-state index is 12.4. The number of fused-ring (bicyclic) bond motifs is 1. The Bertz CT molecular complexity index is 1150. The van der Waals surface area contributed by atoms with Gasteiger partial charge in [-0.15, -0.1) is 10.2 Å². The molecule has 8 nitrogen and oxygen atoms in total. The second-order valence-electron chi connectivity index (χ2n) is 6.47. The van der Waals surface area contributed by atoms with E-state index < -0.39 is 5.91 Å². The number of anilines is 1. The molecule has 1 N–H and O–H groups in total. The second kappa shape index (κ2) is 9.01. The minimum Gasteiger partial charge on any atom is -0.482 e. The van der Waals surface area contributed by atoms with E-state index >= 15 is 0 Å². The van der Waals surface area contributed by atoms with Crippen LogP contribution < -0.4 is 10.1 Å². The number of ether oxygens (including phenoxy) is 1. The Kier molecular flexibility index (Phi) is 6.17. The lowest BCUT2D eigenvalue weighted by Gasteiger charge is -2.12. The van der Waals surface area contributed by atoms with Crippen molar-refractivity contribution >= 4 is 57.4 Å². The zero-order valence-electron chi connectivity index (χ0n) is 15.8. The van der Waals surface area contributed by atoms with Crippen LogP contribution in [0, 0.1) is 0 Å². The first kappa shape index (κ1) is 21.2. The average Bonchev–Trinajstić information content (AvgIpc) is 3.30. The zero-order chi connectivity index (χ0) is 22.0. The number of nitrogens with zero attached hydrogens (tertiary/aromatic N) is 3. The number of rotatable bonds is 7. The highest BCUT2D eigenvalue weighted by Gasteiger charge is 2.34. The molecule has 31 heavy (non-hydrogen) atoms. The normalized spacial score (nSPS) is 12.8. The highest BCUT2D eigenvalue weighted by Crippen LogP contribution is 2.28. The summed E-state index contributed by atoms with van der Waals surface area (Å²) in [4.78, 5) is 38.1. The van der Waals surface area contributed by atoms with Crippen molar-refractivity contribution in [3.05, 3.63) is 68.6 Å². The van der Waals surface area contributed by atoms with Crippen LogP contribution >= 0.6 is 34.5 Å². The molecule has 1 aliphatic rings. The van der Waals surface area contributed by atoms with E-state index in [1.165, 1.54) is 11.0 Å². The molecule has 0 saturated heterocycles. The first-order valence-electron chi connectivity index (χ1n) is 9.07. The summed E-state index contributed by atoms with van der Waals surface area (Å²) in [5.41, 5.74) is 0.801. The SMILES string of the molecule is O=C(COc1cc(Cl)ccc1Cl)Nc1nnc(CCN2C(=O)c3ccccc3C2=O)s1. The molecular weight excluding hydrogens is 463 g/mol. The molecule has 158 valence electrons. The number of benzene rings is 2. The Morgan fingerprint density at radius 1 is 1.06 bits per heavy atom. The Morgan fingerprint density at radius 2 is 1.77 bits per heavy atom. The minimum atomic E-state index is -0.445. The molecule has 2 aromatic carbocycles. The smallest absolute Gasteiger partial charge is 0.264 e. The van der Waals surface area contributed by atoms with E-state index in [9.17, 15) is 14.4 Å². The van der Waals surface area contributed by atoms with Crippen LogP contribution in [0.1, 0.15) is 25.7 Å². The molecule has 0 fully saturated rings. The number of halogens is 2. The Morgan fingerprint density at radius 3 is 2.48 bits per heavy atom. The van der Waals surface area contributed by atoms with Gasteiger partial charge in [-0.3, -0.25) is 24.6 Å². The Hall–Kier alpha value is -3.01. The van der Waals surface area contributed by atoms with E-state index in [0.29, 0.717) is 38.4 Å². The minimum absolute atomic E-state index is 0.172. The van der Waals surface area contributed by atoms with Crippen LogP contribution in [0.5, 0.6) is 5.75 Å². The summed E-state index contributed by atoms with van der Waals surface area (Å²) in [7, 11) is 0. The lowest BCUT2D eigenvalue weighted by atomic mass is 10.1. The molecule has 1 aliphatic heterocycles. The third-order valence-corrected chi connectivity index (χ3v) is 5.84. The van der Waals surface area contributed by atoms with Gasteiger partial charge in [0.2, 0.25) is 5.13 Å². The average molecular weight is 477 g/mol. The van der Waals surface area contributed by atoms with Crippen LogP contribution in [0.15, 0.2) is 42.5 Å². The molecule has 0 saturated carbocycles. The van der Waals surface area contributed by atoms with Gasteiger partial charge in [0.25, 0.3) is 17.7 Å². The number of imide groups is 1. The number of carbonyl (C=O) groups excluding carboxylic acids is 3. The molecule has 0 unspecified atom stereocenters. The van der Waals surface area contributed by atoms with Gasteiger partial charge in [0, 0.05) is 24.1 Å². The third kappa shape index (κ3) is 4.68. The molecule has 0 aliphatic carbocycles. The summed E-state index contributed by atoms with van der Waals surface area (Å²) in [6, 6.07) is 11.4. The number of hydrogen-bond donors (Lipinski definition) is 1. The summed E-state index contributed by atoms with van der Waals surface area (Å²) < 4.78 is 5.37. The number of hydrogen-bond acceptors (Lipinski definition) is 7. The first-order valence-corrected chi connectivity index (χ1v) is 10.6. The lowest BCUT2D eigenvalue weighted by molar-refractivity contribution is -0.118. The largest absolute Gasteiger partial charge is 0.482 e. The molecule has 3 amide bonds. The molecule has 2 heterocycles. The standard InChI is InChI=1S/C20H14Cl2N4O4S/c21-11-5-6-14(22)15(9-11)30-10-16(27)23-20-25-24-17(31-20)7-8-26-18(28)12-3-1-2-4-13(12)19(26)29/h1-6,9H,7-8,10H2,(H,23,25,27). The van der Waals surface area contributed by atoms with E-state index in [1.54, 1.807) is 36.4 Å². The molecule has 3 aromatic rings. The quantitative estimate of drug-likeness (QED) is 0.521. The monoisotopic (exact) mass is 476 g/mol. The fourth-order valence-corrected chi connectivity index (χ4v) is 4.02. The summed E-state index contributed by atoms with van der Waals surface area (Å²) in [6.07, 6.45) is 0.327. The number of nitrogens with one attached hydrogen (secondary N) is 1. The van der Waals surface area contributed by atoms with E-state index in [-0.39, 0.29) is 30.1 Å². The third-order valence-electron chi connectivity index (χ3n) is 4.39. The van der Waals surface area contributed by atoms with Crippen LogP contribution in [0.3, 0.4) is 0 Å². The maximum Gasteiger partial charge on any atom is 0.264 e. The van der Waals surface area contributed by atoms with E-state index in [2.05, 4.69) is 15.5 Å². The van der Waals surface area contributed by atoms with E-state index in [4.69, 9.17) is 27.9 Å². The van der Waals surface area contributed by atoms with E-state index in [1.807, 2.05) is 0 Å². The van der Waals surface area contributed by atoms with Gasteiger partial charge < -0.3 is 4.74 Å². The van der Waals surface area contributed by atoms with Crippen LogP contribution in [0.2, 0.25) is 10.0 Å². The summed E-state index contributed by atoms with van der Waals surface area (Å²) in [6.45, 7) is -0.116. The van der Waals surface area contributed by atoms with Gasteiger partial charge in [-0.05, 0) is 24.3 Å². The summed E-state index contributed by atoms with van der Waals surface area (Å²) in [5.74, 6) is -0.798. The fraction of sp³-hybridized carbons (Fsp3) is 0.150. The van der Waals surface area contributed by atoms with Crippen LogP contribution in [0.25, 0.3) is 0 Å². The van der Waals surface area contributed by atoms with Crippen molar-refractivity contribution in [3.63, 3.8) is 0 Å². The maximum atomic E-state index is 12.4. The predicted molar refractivity (Wildman–Crippen MR) is 116 cm³/mol. The summed E-state index contributed by atoms with van der Waals surface area (Å²) >= 11 is 13.0. The molecule has 0 atom stereocenters. The van der Waals surface area contributed by atoms with Crippen molar-refractivity contribution in [2.75, 3.05) is 18.5 Å². The van der Waals surface area contributed by atoms with Crippen molar-refractivity contribution in [1.29, 1.82) is 0 Å². The van der Waals surface area contributed by atoms with Crippen molar-refractivity contribution in [1.82, 2.24) is 15.1 Å². The molecule has 0 spiro atoms.